The molecule has 2 aromatic carbocycles. The Kier molecular flexibility index (Phi) is 4.45. The van der Waals surface area contributed by atoms with E-state index in [1.807, 2.05) is 32.0 Å². The molecular formula is C16H15BrO3. The molecule has 0 bridgehead atoms. The Morgan fingerprint density at radius 3 is 2.30 bits per heavy atom. The maximum Gasteiger partial charge on any atom is 0.343 e. The molecule has 4 heteroatoms. The van der Waals surface area contributed by atoms with Gasteiger partial charge < -0.3 is 9.47 Å². The molecule has 0 N–H and O–H groups in total. The van der Waals surface area contributed by atoms with Crippen molar-refractivity contribution in [3.63, 3.8) is 0 Å². The predicted octanol–water partition coefficient (Wildman–Crippen LogP) is 4.29. The number of aryl methyl sites for hydroxylation is 2. The van der Waals surface area contributed by atoms with Crippen molar-refractivity contribution in [2.45, 2.75) is 13.8 Å². The minimum absolute atomic E-state index is 0.384. The fourth-order valence-electron chi connectivity index (χ4n) is 1.91. The highest BCUT2D eigenvalue weighted by Crippen LogP contribution is 2.27. The van der Waals surface area contributed by atoms with Crippen molar-refractivity contribution in [1.29, 1.82) is 0 Å². The van der Waals surface area contributed by atoms with Gasteiger partial charge in [-0.3, -0.25) is 0 Å². The molecule has 0 aromatic heterocycles. The zero-order valence-corrected chi connectivity index (χ0v) is 13.2. The van der Waals surface area contributed by atoms with Gasteiger partial charge in [0.25, 0.3) is 0 Å². The number of carbonyl (C=O) groups is 1. The lowest BCUT2D eigenvalue weighted by Gasteiger charge is -2.11. The zero-order chi connectivity index (χ0) is 14.7. The number of ether oxygens (including phenoxy) is 2. The molecule has 0 aliphatic carbocycles. The SMILES string of the molecule is COc1ccc(C(=O)Oc2c(C)cccc2C)cc1Br. The van der Waals surface area contributed by atoms with E-state index in [0.29, 0.717) is 17.1 Å². The lowest BCUT2D eigenvalue weighted by molar-refractivity contribution is 0.0732. The van der Waals surface area contributed by atoms with E-state index in [2.05, 4.69) is 15.9 Å². The summed E-state index contributed by atoms with van der Waals surface area (Å²) in [4.78, 5) is 12.2. The van der Waals surface area contributed by atoms with Gasteiger partial charge in [-0.2, -0.15) is 0 Å². The third-order valence-electron chi connectivity index (χ3n) is 2.99. The number of halogens is 1. The maximum atomic E-state index is 12.2. The van der Waals surface area contributed by atoms with Gasteiger partial charge in [0, 0.05) is 0 Å². The van der Waals surface area contributed by atoms with Gasteiger partial charge in [0.2, 0.25) is 0 Å². The molecule has 2 rings (SSSR count). The van der Waals surface area contributed by atoms with E-state index in [4.69, 9.17) is 9.47 Å². The minimum atomic E-state index is -0.384. The monoisotopic (exact) mass is 334 g/mol. The first-order valence-electron chi connectivity index (χ1n) is 6.15. The number of hydrogen-bond acceptors (Lipinski definition) is 3. The Hall–Kier alpha value is -1.81. The van der Waals surface area contributed by atoms with Gasteiger partial charge >= 0.3 is 5.97 Å². The van der Waals surface area contributed by atoms with E-state index in [1.54, 1.807) is 25.3 Å². The molecule has 0 radical (unpaired) electrons. The second kappa shape index (κ2) is 6.09. The first kappa shape index (κ1) is 14.6. The molecule has 3 nitrogen and oxygen atoms in total. The molecule has 0 saturated heterocycles. The van der Waals surface area contributed by atoms with Gasteiger partial charge in [-0.1, -0.05) is 18.2 Å². The number of hydrogen-bond donors (Lipinski definition) is 0. The van der Waals surface area contributed by atoms with Crippen LogP contribution in [0.15, 0.2) is 40.9 Å². The second-order valence-electron chi connectivity index (χ2n) is 4.46. The van der Waals surface area contributed by atoms with Gasteiger partial charge in [0.15, 0.2) is 0 Å². The van der Waals surface area contributed by atoms with Crippen LogP contribution in [0.25, 0.3) is 0 Å². The number of esters is 1. The summed E-state index contributed by atoms with van der Waals surface area (Å²) in [5.74, 6) is 0.906. The minimum Gasteiger partial charge on any atom is -0.496 e. The summed E-state index contributed by atoms with van der Waals surface area (Å²) in [6, 6.07) is 10.9. The topological polar surface area (TPSA) is 35.5 Å². The number of benzene rings is 2. The Morgan fingerprint density at radius 2 is 1.75 bits per heavy atom. The van der Waals surface area contributed by atoms with Crippen LogP contribution in [0.4, 0.5) is 0 Å². The largest absolute Gasteiger partial charge is 0.496 e. The normalized spacial score (nSPS) is 10.2. The molecule has 0 unspecified atom stereocenters. The van der Waals surface area contributed by atoms with Gasteiger partial charge in [-0.25, -0.2) is 4.79 Å². The summed E-state index contributed by atoms with van der Waals surface area (Å²) in [6.07, 6.45) is 0. The van der Waals surface area contributed by atoms with E-state index in [-0.39, 0.29) is 5.97 Å². The van der Waals surface area contributed by atoms with E-state index in [0.717, 1.165) is 15.6 Å². The van der Waals surface area contributed by atoms with Crippen molar-refractivity contribution in [2.24, 2.45) is 0 Å². The van der Waals surface area contributed by atoms with Gasteiger partial charge in [-0.05, 0) is 59.1 Å². The van der Waals surface area contributed by atoms with E-state index in [1.165, 1.54) is 0 Å². The molecule has 0 saturated carbocycles. The van der Waals surface area contributed by atoms with Crippen LogP contribution in [0.5, 0.6) is 11.5 Å². The maximum absolute atomic E-state index is 12.2. The van der Waals surface area contributed by atoms with Crippen molar-refractivity contribution in [2.75, 3.05) is 7.11 Å². The van der Waals surface area contributed by atoms with Crippen LogP contribution in [-0.2, 0) is 0 Å². The Labute approximate surface area is 126 Å². The summed E-state index contributed by atoms with van der Waals surface area (Å²) in [6.45, 7) is 3.83. The van der Waals surface area contributed by atoms with E-state index < -0.39 is 0 Å². The molecule has 20 heavy (non-hydrogen) atoms. The molecule has 0 fully saturated rings. The number of methoxy groups -OCH3 is 1. The van der Waals surface area contributed by atoms with Crippen molar-refractivity contribution in [3.05, 3.63) is 57.6 Å². The van der Waals surface area contributed by atoms with Crippen molar-refractivity contribution < 1.29 is 14.3 Å². The second-order valence-corrected chi connectivity index (χ2v) is 5.31. The highest BCUT2D eigenvalue weighted by atomic mass is 79.9. The van der Waals surface area contributed by atoms with Crippen LogP contribution in [0.3, 0.4) is 0 Å². The average molecular weight is 335 g/mol. The number of carbonyl (C=O) groups excluding carboxylic acids is 1. The lowest BCUT2D eigenvalue weighted by Crippen LogP contribution is -2.10. The van der Waals surface area contributed by atoms with Gasteiger partial charge in [0.05, 0.1) is 17.1 Å². The first-order chi connectivity index (χ1) is 9.52. The summed E-state index contributed by atoms with van der Waals surface area (Å²) in [5, 5.41) is 0. The third kappa shape index (κ3) is 3.02. The van der Waals surface area contributed by atoms with Crippen molar-refractivity contribution in [3.8, 4) is 11.5 Å². The predicted molar refractivity (Wildman–Crippen MR) is 81.6 cm³/mol. The Bertz CT molecular complexity index is 630. The van der Waals surface area contributed by atoms with Crippen LogP contribution in [0, 0.1) is 13.8 Å². The highest BCUT2D eigenvalue weighted by Gasteiger charge is 2.13. The summed E-state index contributed by atoms with van der Waals surface area (Å²) < 4.78 is 11.3. The van der Waals surface area contributed by atoms with Crippen LogP contribution in [0.1, 0.15) is 21.5 Å². The smallest absolute Gasteiger partial charge is 0.343 e. The number of rotatable bonds is 3. The Morgan fingerprint density at radius 1 is 1.10 bits per heavy atom. The average Bonchev–Trinajstić information content (AvgIpc) is 2.42. The molecule has 0 amide bonds. The van der Waals surface area contributed by atoms with Crippen LogP contribution in [0.2, 0.25) is 0 Å². The summed E-state index contributed by atoms with van der Waals surface area (Å²) >= 11 is 3.36. The van der Waals surface area contributed by atoms with Crippen LogP contribution < -0.4 is 9.47 Å². The number of para-hydroxylation sites is 1. The lowest BCUT2D eigenvalue weighted by atomic mass is 10.1. The first-order valence-corrected chi connectivity index (χ1v) is 6.94. The molecule has 0 atom stereocenters. The molecule has 0 heterocycles. The van der Waals surface area contributed by atoms with Gasteiger partial charge in [-0.15, -0.1) is 0 Å². The van der Waals surface area contributed by atoms with Gasteiger partial charge in [0.1, 0.15) is 11.5 Å². The molecule has 0 aliphatic heterocycles. The Balaban J connectivity index is 2.26. The fraction of sp³-hybridized carbons (Fsp3) is 0.188. The van der Waals surface area contributed by atoms with Crippen molar-refractivity contribution in [1.82, 2.24) is 0 Å². The van der Waals surface area contributed by atoms with Crippen LogP contribution in [-0.4, -0.2) is 13.1 Å². The standard InChI is InChI=1S/C16H15BrO3/c1-10-5-4-6-11(2)15(10)20-16(18)12-7-8-14(19-3)13(17)9-12/h4-9H,1-3H3. The highest BCUT2D eigenvalue weighted by molar-refractivity contribution is 9.10. The van der Waals surface area contributed by atoms with E-state index in [9.17, 15) is 4.79 Å². The summed E-state index contributed by atoms with van der Waals surface area (Å²) in [5.41, 5.74) is 2.34. The quantitative estimate of drug-likeness (QED) is 0.620. The van der Waals surface area contributed by atoms with Crippen molar-refractivity contribution >= 4 is 21.9 Å². The molecular weight excluding hydrogens is 320 g/mol. The molecule has 0 spiro atoms. The molecule has 0 aliphatic rings. The van der Waals surface area contributed by atoms with E-state index >= 15 is 0 Å². The molecule has 2 aromatic rings. The zero-order valence-electron chi connectivity index (χ0n) is 11.6. The molecule has 104 valence electrons. The van der Waals surface area contributed by atoms with Crippen LogP contribution >= 0.6 is 15.9 Å². The fourth-order valence-corrected chi connectivity index (χ4v) is 2.45. The summed E-state index contributed by atoms with van der Waals surface area (Å²) in [7, 11) is 1.58. The third-order valence-corrected chi connectivity index (χ3v) is 3.61.